The number of carbonyl (C=O) groups is 2. The van der Waals surface area contributed by atoms with Gasteiger partial charge in [-0.15, -0.1) is 0 Å². The van der Waals surface area contributed by atoms with E-state index in [1.165, 1.54) is 25.2 Å². The maximum absolute atomic E-state index is 14.5. The second-order valence-electron chi connectivity index (χ2n) is 8.36. The molecule has 0 bridgehead atoms. The van der Waals surface area contributed by atoms with Gasteiger partial charge in [-0.1, -0.05) is 23.7 Å². The normalized spacial score (nSPS) is 17.4. The van der Waals surface area contributed by atoms with Crippen molar-refractivity contribution in [2.24, 2.45) is 0 Å². The van der Waals surface area contributed by atoms with Crippen molar-refractivity contribution in [1.82, 2.24) is 0 Å². The van der Waals surface area contributed by atoms with Gasteiger partial charge in [-0.2, -0.15) is 0 Å². The largest absolute Gasteiger partial charge is 0.497 e. The van der Waals surface area contributed by atoms with Gasteiger partial charge in [0.05, 0.1) is 32.9 Å². The summed E-state index contributed by atoms with van der Waals surface area (Å²) >= 11 is 6.34. The maximum atomic E-state index is 14.5. The fourth-order valence-electron chi connectivity index (χ4n) is 4.33. The average Bonchev–Trinajstić information content (AvgIpc) is 2.96. The number of carboxylic acid groups (broad SMARTS) is 1. The summed E-state index contributed by atoms with van der Waals surface area (Å²) in [7, 11) is 3.05. The van der Waals surface area contributed by atoms with Gasteiger partial charge in [0, 0.05) is 22.2 Å². The van der Waals surface area contributed by atoms with Crippen LogP contribution in [-0.2, 0) is 20.9 Å². The highest BCUT2D eigenvalue weighted by molar-refractivity contribution is 6.30. The van der Waals surface area contributed by atoms with Crippen LogP contribution in [0.3, 0.4) is 0 Å². The van der Waals surface area contributed by atoms with Crippen LogP contribution >= 0.6 is 11.6 Å². The van der Waals surface area contributed by atoms with Crippen LogP contribution in [0.15, 0.2) is 54.6 Å². The van der Waals surface area contributed by atoms with Crippen molar-refractivity contribution in [3.05, 3.63) is 87.7 Å². The molecular formula is C27H25ClFNO6. The summed E-state index contributed by atoms with van der Waals surface area (Å²) < 4.78 is 31.4. The smallest absolute Gasteiger partial charge is 0.306 e. The Hall–Kier alpha value is -3.62. The Morgan fingerprint density at radius 3 is 2.58 bits per heavy atom. The van der Waals surface area contributed by atoms with E-state index in [0.29, 0.717) is 44.5 Å². The van der Waals surface area contributed by atoms with Crippen molar-refractivity contribution in [3.63, 3.8) is 0 Å². The minimum absolute atomic E-state index is 0.0644. The lowest BCUT2D eigenvalue weighted by Crippen LogP contribution is -2.40. The fourth-order valence-corrected chi connectivity index (χ4v) is 4.51. The number of ether oxygens (including phenoxy) is 3. The van der Waals surface area contributed by atoms with Crippen molar-refractivity contribution in [2.45, 2.75) is 32.1 Å². The van der Waals surface area contributed by atoms with Gasteiger partial charge in [0.15, 0.2) is 0 Å². The lowest BCUT2D eigenvalue weighted by molar-refractivity contribution is -0.147. The van der Waals surface area contributed by atoms with Crippen LogP contribution in [0.2, 0.25) is 5.02 Å². The van der Waals surface area contributed by atoms with Crippen LogP contribution in [0.1, 0.15) is 34.8 Å². The van der Waals surface area contributed by atoms with Crippen LogP contribution in [-0.4, -0.2) is 37.3 Å². The molecule has 0 saturated carbocycles. The molecule has 7 nitrogen and oxygen atoms in total. The minimum Gasteiger partial charge on any atom is -0.497 e. The molecule has 0 aliphatic carbocycles. The number of methoxy groups -OCH3 is 2. The van der Waals surface area contributed by atoms with E-state index in [2.05, 4.69) is 0 Å². The standard InChI is InChI=1S/C27H25ClFNO6/c1-15-19(5-4-6-21(15)29)26-20-11-17(28)8-10-22(20)30(27(33)24(36-26)13-25(31)32)14-16-7-9-18(34-2)12-23(16)35-3/h4-12,24,26H,13-14H2,1-3H3,(H,31,32)/t24-,26-/m0/s1. The molecule has 2 atom stereocenters. The second kappa shape index (κ2) is 10.6. The van der Waals surface area contributed by atoms with Gasteiger partial charge in [-0.05, 0) is 54.4 Å². The lowest BCUT2D eigenvalue weighted by atomic mass is 9.95. The van der Waals surface area contributed by atoms with E-state index in [4.69, 9.17) is 25.8 Å². The highest BCUT2D eigenvalue weighted by Gasteiger charge is 2.38. The third-order valence-corrected chi connectivity index (χ3v) is 6.41. The van der Waals surface area contributed by atoms with E-state index < -0.39 is 36.3 Å². The van der Waals surface area contributed by atoms with Crippen molar-refractivity contribution >= 4 is 29.2 Å². The molecule has 0 saturated heterocycles. The molecule has 36 heavy (non-hydrogen) atoms. The zero-order valence-corrected chi connectivity index (χ0v) is 20.7. The molecule has 1 aliphatic heterocycles. The summed E-state index contributed by atoms with van der Waals surface area (Å²) in [5.74, 6) is -1.11. The number of amides is 1. The number of fused-ring (bicyclic) bond motifs is 1. The summed E-state index contributed by atoms with van der Waals surface area (Å²) in [5.41, 5.74) is 2.47. The lowest BCUT2D eigenvalue weighted by Gasteiger charge is -2.26. The number of nitrogens with zero attached hydrogens (tertiary/aromatic N) is 1. The summed E-state index contributed by atoms with van der Waals surface area (Å²) in [6, 6.07) is 14.8. The number of carboxylic acids is 1. The van der Waals surface area contributed by atoms with Gasteiger partial charge in [-0.3, -0.25) is 9.59 Å². The zero-order valence-electron chi connectivity index (χ0n) is 20.0. The molecule has 1 amide bonds. The second-order valence-corrected chi connectivity index (χ2v) is 8.80. The molecule has 1 N–H and O–H groups in total. The minimum atomic E-state index is -1.33. The van der Waals surface area contributed by atoms with Crippen LogP contribution in [0.25, 0.3) is 0 Å². The quantitative estimate of drug-likeness (QED) is 0.461. The fraction of sp³-hybridized carbons (Fsp3) is 0.259. The molecule has 1 heterocycles. The number of rotatable bonds is 7. The maximum Gasteiger partial charge on any atom is 0.306 e. The summed E-state index contributed by atoms with van der Waals surface area (Å²) in [5, 5.41) is 9.93. The Balaban J connectivity index is 1.89. The van der Waals surface area contributed by atoms with E-state index in [0.717, 1.165) is 0 Å². The molecular weight excluding hydrogens is 489 g/mol. The monoisotopic (exact) mass is 513 g/mol. The van der Waals surface area contributed by atoms with Gasteiger partial charge < -0.3 is 24.2 Å². The van der Waals surface area contributed by atoms with E-state index >= 15 is 0 Å². The third kappa shape index (κ3) is 5.01. The van der Waals surface area contributed by atoms with E-state index in [1.54, 1.807) is 55.5 Å². The van der Waals surface area contributed by atoms with Crippen molar-refractivity contribution in [1.29, 1.82) is 0 Å². The number of benzene rings is 3. The Labute approximate surface area is 213 Å². The van der Waals surface area contributed by atoms with Crippen LogP contribution in [0.4, 0.5) is 10.1 Å². The first-order chi connectivity index (χ1) is 17.2. The molecule has 0 unspecified atom stereocenters. The Kier molecular flexibility index (Phi) is 7.47. The Bertz CT molecular complexity index is 1310. The number of anilines is 1. The molecule has 0 fully saturated rings. The first-order valence-corrected chi connectivity index (χ1v) is 11.5. The van der Waals surface area contributed by atoms with Gasteiger partial charge in [0.2, 0.25) is 0 Å². The highest BCUT2D eigenvalue weighted by Crippen LogP contribution is 2.42. The number of hydrogen-bond donors (Lipinski definition) is 1. The van der Waals surface area contributed by atoms with Gasteiger partial charge in [-0.25, -0.2) is 4.39 Å². The predicted octanol–water partition coefficient (Wildman–Crippen LogP) is 5.30. The number of aliphatic carboxylic acids is 1. The molecule has 0 spiro atoms. The van der Waals surface area contributed by atoms with Crippen LogP contribution < -0.4 is 14.4 Å². The number of halogens is 2. The number of carbonyl (C=O) groups excluding carboxylic acids is 1. The topological polar surface area (TPSA) is 85.3 Å². The first-order valence-electron chi connectivity index (χ1n) is 11.2. The zero-order chi connectivity index (χ0) is 26.0. The highest BCUT2D eigenvalue weighted by atomic mass is 35.5. The Morgan fingerprint density at radius 2 is 1.89 bits per heavy atom. The van der Waals surface area contributed by atoms with Gasteiger partial charge in [0.25, 0.3) is 5.91 Å². The van der Waals surface area contributed by atoms with Crippen LogP contribution in [0.5, 0.6) is 11.5 Å². The van der Waals surface area contributed by atoms with Crippen LogP contribution in [0, 0.1) is 12.7 Å². The molecule has 9 heteroatoms. The predicted molar refractivity (Wildman–Crippen MR) is 132 cm³/mol. The molecule has 0 radical (unpaired) electrons. The molecule has 4 rings (SSSR count). The Morgan fingerprint density at radius 1 is 1.11 bits per heavy atom. The molecule has 0 aromatic heterocycles. The van der Waals surface area contributed by atoms with Crippen molar-refractivity contribution < 1.29 is 33.3 Å². The van der Waals surface area contributed by atoms with Gasteiger partial charge >= 0.3 is 5.97 Å². The molecule has 1 aliphatic rings. The van der Waals surface area contributed by atoms with Crippen molar-refractivity contribution in [2.75, 3.05) is 19.1 Å². The van der Waals surface area contributed by atoms with Crippen molar-refractivity contribution in [3.8, 4) is 11.5 Å². The third-order valence-electron chi connectivity index (χ3n) is 6.18. The summed E-state index contributed by atoms with van der Waals surface area (Å²) in [6.45, 7) is 1.67. The van der Waals surface area contributed by atoms with E-state index in [9.17, 15) is 19.1 Å². The summed E-state index contributed by atoms with van der Waals surface area (Å²) in [4.78, 5) is 26.9. The number of hydrogen-bond acceptors (Lipinski definition) is 5. The average molecular weight is 514 g/mol. The summed E-state index contributed by atoms with van der Waals surface area (Å²) in [6.07, 6.45) is -2.82. The van der Waals surface area contributed by atoms with Gasteiger partial charge in [0.1, 0.15) is 29.5 Å². The van der Waals surface area contributed by atoms with E-state index in [-0.39, 0.29) is 6.54 Å². The first kappa shape index (κ1) is 25.5. The molecule has 3 aromatic carbocycles. The van der Waals surface area contributed by atoms with E-state index in [1.807, 2.05) is 0 Å². The molecule has 188 valence electrons. The molecule has 3 aromatic rings. The SMILES string of the molecule is COc1ccc(CN2C(=O)[C@H](CC(=O)O)O[C@@H](c3cccc(F)c3C)c3cc(Cl)ccc32)c(OC)c1.